The molecule has 0 unspecified atom stereocenters. The Kier molecular flexibility index (Phi) is 7.63. The predicted octanol–water partition coefficient (Wildman–Crippen LogP) is 6.38. The van der Waals surface area contributed by atoms with Crippen LogP contribution in [0.5, 0.6) is 0 Å². The van der Waals surface area contributed by atoms with Crippen molar-refractivity contribution in [3.8, 4) is 11.1 Å². The predicted molar refractivity (Wildman–Crippen MR) is 146 cm³/mol. The van der Waals surface area contributed by atoms with Crippen LogP contribution in [0.2, 0.25) is 0 Å². The van der Waals surface area contributed by atoms with Crippen LogP contribution in [-0.2, 0) is 17.9 Å². The molecule has 37 heavy (non-hydrogen) atoms. The van der Waals surface area contributed by atoms with Crippen LogP contribution in [0.4, 0.5) is 10.2 Å². The van der Waals surface area contributed by atoms with E-state index < -0.39 is 0 Å². The molecule has 5 rings (SSSR count). The van der Waals surface area contributed by atoms with E-state index in [4.69, 9.17) is 16.3 Å². The Labute approximate surface area is 220 Å². The topological polar surface area (TPSA) is 64.0 Å². The van der Waals surface area contributed by atoms with Gasteiger partial charge in [0.15, 0.2) is 0 Å². The third-order valence-corrected chi connectivity index (χ3v) is 6.37. The van der Waals surface area contributed by atoms with Gasteiger partial charge in [-0.3, -0.25) is 0 Å². The number of ether oxygens (including phenoxy) is 1. The maximum Gasteiger partial charge on any atom is 0.141 e. The average Bonchev–Trinajstić information content (AvgIpc) is 3.31. The lowest BCUT2D eigenvalue weighted by Crippen LogP contribution is -2.13. The first-order valence-electron chi connectivity index (χ1n) is 12.1. The number of hydrogen-bond acceptors (Lipinski definition) is 5. The molecule has 1 aliphatic carbocycles. The Morgan fingerprint density at radius 3 is 2.89 bits per heavy atom. The largest absolute Gasteiger partial charge is 0.491 e. The highest BCUT2D eigenvalue weighted by Gasteiger charge is 2.12. The Balaban J connectivity index is 1.37. The lowest BCUT2D eigenvalue weighted by molar-refractivity contribution is 0.193. The average molecular weight is 516 g/mol. The quantitative estimate of drug-likeness (QED) is 0.271. The molecule has 2 heterocycles. The first-order valence-corrected chi connectivity index (χ1v) is 12.4. The van der Waals surface area contributed by atoms with Gasteiger partial charge in [0.05, 0.1) is 10.5 Å². The molecule has 188 valence electrons. The second-order valence-electron chi connectivity index (χ2n) is 8.72. The van der Waals surface area contributed by atoms with E-state index in [0.29, 0.717) is 23.0 Å². The van der Waals surface area contributed by atoms with Crippen molar-refractivity contribution in [2.75, 3.05) is 18.9 Å². The van der Waals surface area contributed by atoms with E-state index in [-0.39, 0.29) is 12.4 Å². The molecule has 6 nitrogen and oxygen atoms in total. The van der Waals surface area contributed by atoms with Crippen LogP contribution in [0.25, 0.3) is 22.0 Å². The highest BCUT2D eigenvalue weighted by atomic mass is 35.5. The van der Waals surface area contributed by atoms with E-state index in [9.17, 15) is 4.39 Å². The minimum atomic E-state index is -0.292. The third kappa shape index (κ3) is 6.07. The summed E-state index contributed by atoms with van der Waals surface area (Å²) in [6, 6.07) is 14.6. The van der Waals surface area contributed by atoms with Crippen molar-refractivity contribution in [3.63, 3.8) is 0 Å². The monoisotopic (exact) mass is 515 g/mol. The molecule has 1 aliphatic rings. The van der Waals surface area contributed by atoms with Crippen molar-refractivity contribution in [3.05, 3.63) is 113 Å². The molecule has 0 spiro atoms. The molecular weight excluding hydrogens is 489 g/mol. The molecule has 4 aromatic rings. The number of allylic oxidation sites excluding steroid dienone is 4. The first-order chi connectivity index (χ1) is 18.1. The normalized spacial score (nSPS) is 13.5. The van der Waals surface area contributed by atoms with Crippen LogP contribution in [0, 0.1) is 5.82 Å². The lowest BCUT2D eigenvalue weighted by atomic mass is 10.1. The van der Waals surface area contributed by atoms with Gasteiger partial charge in [0.1, 0.15) is 30.3 Å². The molecule has 0 saturated heterocycles. The van der Waals surface area contributed by atoms with Crippen LogP contribution in [0.1, 0.15) is 12.0 Å². The van der Waals surface area contributed by atoms with E-state index in [1.54, 1.807) is 12.4 Å². The molecule has 2 aromatic heterocycles. The molecule has 0 fully saturated rings. The summed E-state index contributed by atoms with van der Waals surface area (Å²) in [7, 11) is 1.95. The molecule has 8 heteroatoms. The van der Waals surface area contributed by atoms with Gasteiger partial charge in [-0.05, 0) is 66.2 Å². The fourth-order valence-corrected chi connectivity index (χ4v) is 4.37. The number of rotatable bonds is 9. The van der Waals surface area contributed by atoms with Crippen LogP contribution in [0.3, 0.4) is 0 Å². The molecule has 0 aliphatic heterocycles. The number of anilines is 1. The van der Waals surface area contributed by atoms with Crippen molar-refractivity contribution in [1.82, 2.24) is 19.9 Å². The summed E-state index contributed by atoms with van der Waals surface area (Å²) < 4.78 is 21.5. The smallest absolute Gasteiger partial charge is 0.141 e. The standard InChI is InChI=1S/C29H27ClFN5O/c1-32-11-13-36-12-10-22(17-36)21-8-9-27-25(15-21)29(34-19-33-27)35-24-6-3-7-28(26(30)16-24)37-18-20-4-2-5-23(31)14-20/h2-6,8-10,12,14-17,19,32H,7,11,13,18H2,1H3,(H,33,34,35). The van der Waals surface area contributed by atoms with Crippen LogP contribution >= 0.6 is 11.6 Å². The highest BCUT2D eigenvalue weighted by molar-refractivity contribution is 6.31. The van der Waals surface area contributed by atoms with Crippen molar-refractivity contribution < 1.29 is 9.13 Å². The van der Waals surface area contributed by atoms with Gasteiger partial charge >= 0.3 is 0 Å². The molecule has 0 bridgehead atoms. The highest BCUT2D eigenvalue weighted by Crippen LogP contribution is 2.29. The molecule has 0 radical (unpaired) electrons. The van der Waals surface area contributed by atoms with Crippen molar-refractivity contribution in [1.29, 1.82) is 0 Å². The number of likely N-dealkylation sites (N-methyl/N-ethyl adjacent to an activating group) is 1. The Morgan fingerprint density at radius 2 is 2.03 bits per heavy atom. The zero-order chi connectivity index (χ0) is 25.6. The zero-order valence-corrected chi connectivity index (χ0v) is 21.2. The van der Waals surface area contributed by atoms with Gasteiger partial charge in [-0.15, -0.1) is 0 Å². The van der Waals surface area contributed by atoms with Crippen LogP contribution < -0.4 is 10.6 Å². The molecule has 2 aromatic carbocycles. The molecular formula is C29H27ClFN5O. The van der Waals surface area contributed by atoms with E-state index >= 15 is 0 Å². The molecule has 2 N–H and O–H groups in total. The number of benzene rings is 2. The molecule has 0 amide bonds. The second-order valence-corrected chi connectivity index (χ2v) is 9.12. The summed E-state index contributed by atoms with van der Waals surface area (Å²) >= 11 is 6.59. The van der Waals surface area contributed by atoms with Gasteiger partial charge in [0.2, 0.25) is 0 Å². The zero-order valence-electron chi connectivity index (χ0n) is 20.4. The van der Waals surface area contributed by atoms with E-state index in [1.165, 1.54) is 12.1 Å². The van der Waals surface area contributed by atoms with Gasteiger partial charge < -0.3 is 19.9 Å². The van der Waals surface area contributed by atoms with Gasteiger partial charge in [-0.1, -0.05) is 35.9 Å². The molecule has 0 saturated carbocycles. The van der Waals surface area contributed by atoms with Gasteiger partial charge in [0.25, 0.3) is 0 Å². The Bertz CT molecular complexity index is 1510. The summed E-state index contributed by atoms with van der Waals surface area (Å²) in [5.41, 5.74) is 4.58. The Morgan fingerprint density at radius 1 is 1.11 bits per heavy atom. The summed E-state index contributed by atoms with van der Waals surface area (Å²) in [6.45, 7) is 2.05. The van der Waals surface area contributed by atoms with Crippen LogP contribution in [-0.4, -0.2) is 28.1 Å². The second kappa shape index (κ2) is 11.4. The number of halogens is 2. The van der Waals surface area contributed by atoms with Gasteiger partial charge in [-0.2, -0.15) is 0 Å². The third-order valence-electron chi connectivity index (χ3n) is 6.05. The lowest BCUT2D eigenvalue weighted by Gasteiger charge is -2.11. The van der Waals surface area contributed by atoms with Gasteiger partial charge in [0, 0.05) is 43.0 Å². The Hall–Kier alpha value is -3.94. The fourth-order valence-electron chi connectivity index (χ4n) is 4.12. The number of nitrogens with zero attached hydrogens (tertiary/aromatic N) is 3. The number of nitrogens with one attached hydrogen (secondary N) is 2. The minimum Gasteiger partial charge on any atom is -0.491 e. The maximum absolute atomic E-state index is 13.5. The van der Waals surface area contributed by atoms with E-state index in [0.717, 1.165) is 46.4 Å². The molecule has 0 atom stereocenters. The number of hydrogen-bond donors (Lipinski definition) is 2. The summed E-state index contributed by atoms with van der Waals surface area (Å²) in [5.74, 6) is 1.02. The SMILES string of the molecule is CNCCn1ccc(-c2ccc3ncnc(NC4=CC(Cl)=C(OCc5cccc(F)c5)CC=C4)c3c2)c1. The van der Waals surface area contributed by atoms with E-state index in [1.807, 2.05) is 37.4 Å². The minimum absolute atomic E-state index is 0.240. The van der Waals surface area contributed by atoms with Crippen molar-refractivity contribution >= 4 is 28.3 Å². The van der Waals surface area contributed by atoms with Crippen molar-refractivity contribution in [2.24, 2.45) is 0 Å². The maximum atomic E-state index is 13.5. The van der Waals surface area contributed by atoms with Gasteiger partial charge in [-0.25, -0.2) is 14.4 Å². The summed E-state index contributed by atoms with van der Waals surface area (Å²) in [5, 5.41) is 7.95. The fraction of sp³-hybridized carbons (Fsp3) is 0.172. The van der Waals surface area contributed by atoms with E-state index in [2.05, 4.69) is 55.8 Å². The summed E-state index contributed by atoms with van der Waals surface area (Å²) in [4.78, 5) is 8.94. The van der Waals surface area contributed by atoms with Crippen molar-refractivity contribution in [2.45, 2.75) is 19.6 Å². The summed E-state index contributed by atoms with van der Waals surface area (Å²) in [6.07, 6.45) is 12.0. The van der Waals surface area contributed by atoms with Crippen LogP contribution in [0.15, 0.2) is 102 Å². The number of fused-ring (bicyclic) bond motifs is 1. The number of aromatic nitrogens is 3. The first kappa shape index (κ1) is 24.7.